The number of pyridine rings is 1. The van der Waals surface area contributed by atoms with E-state index in [1.165, 1.54) is 26.5 Å². The number of para-hydroxylation sites is 2. The van der Waals surface area contributed by atoms with Gasteiger partial charge in [0, 0.05) is 28.7 Å². The van der Waals surface area contributed by atoms with Crippen LogP contribution in [0.5, 0.6) is 0 Å². The van der Waals surface area contributed by atoms with Gasteiger partial charge in [-0.25, -0.2) is 9.97 Å². The van der Waals surface area contributed by atoms with E-state index in [-0.39, 0.29) is 0 Å². The van der Waals surface area contributed by atoms with Crippen molar-refractivity contribution in [2.45, 2.75) is 0 Å². The Bertz CT molecular complexity index is 1420. The van der Waals surface area contributed by atoms with Gasteiger partial charge in [-0.3, -0.25) is 4.40 Å². The maximum Gasteiger partial charge on any atom is 0.215 e. The fraction of sp³-hybridized carbons (Fsp3) is 0.0526. The second-order valence-electron chi connectivity index (χ2n) is 6.09. The van der Waals surface area contributed by atoms with E-state index in [9.17, 15) is 0 Å². The SMILES string of the molecule is Cn1c2cc3sc4ncccc4c3cc2n2c3ccccc3nc12. The number of fused-ring (bicyclic) bond motifs is 8. The molecule has 0 unspecified atom stereocenters. The van der Waals surface area contributed by atoms with E-state index in [0.717, 1.165) is 21.6 Å². The molecule has 0 amide bonds. The molecule has 6 rings (SSSR count). The van der Waals surface area contributed by atoms with Gasteiger partial charge in [0.2, 0.25) is 5.78 Å². The van der Waals surface area contributed by atoms with Crippen molar-refractivity contribution < 1.29 is 0 Å². The largest absolute Gasteiger partial charge is 0.313 e. The average molecular weight is 328 g/mol. The summed E-state index contributed by atoms with van der Waals surface area (Å²) in [4.78, 5) is 10.4. The van der Waals surface area contributed by atoms with Crippen LogP contribution in [0.3, 0.4) is 0 Å². The molecular formula is C19H12N4S. The van der Waals surface area contributed by atoms with Crippen molar-refractivity contribution in [3.8, 4) is 0 Å². The summed E-state index contributed by atoms with van der Waals surface area (Å²) in [5, 5.41) is 2.49. The first-order valence-corrected chi connectivity index (χ1v) is 8.66. The quantitative estimate of drug-likeness (QED) is 0.403. The molecule has 24 heavy (non-hydrogen) atoms. The highest BCUT2D eigenvalue weighted by Crippen LogP contribution is 2.36. The van der Waals surface area contributed by atoms with Gasteiger partial charge in [-0.1, -0.05) is 12.1 Å². The number of aromatic nitrogens is 4. The first kappa shape index (κ1) is 12.5. The van der Waals surface area contributed by atoms with Crippen LogP contribution in [0.2, 0.25) is 0 Å². The predicted octanol–water partition coefficient (Wildman–Crippen LogP) is 4.74. The molecule has 4 nitrogen and oxygen atoms in total. The van der Waals surface area contributed by atoms with Crippen molar-refractivity contribution in [2.75, 3.05) is 0 Å². The lowest BCUT2D eigenvalue weighted by molar-refractivity contribution is 0.974. The molecule has 0 bridgehead atoms. The Morgan fingerprint density at radius 2 is 1.83 bits per heavy atom. The highest BCUT2D eigenvalue weighted by atomic mass is 32.1. The molecule has 0 N–H and O–H groups in total. The third-order valence-electron chi connectivity index (χ3n) is 4.79. The normalized spacial score (nSPS) is 12.4. The molecule has 5 heteroatoms. The first-order valence-electron chi connectivity index (χ1n) is 7.84. The van der Waals surface area contributed by atoms with Crippen LogP contribution in [-0.2, 0) is 7.05 Å². The highest BCUT2D eigenvalue weighted by Gasteiger charge is 2.16. The second-order valence-corrected chi connectivity index (χ2v) is 7.12. The van der Waals surface area contributed by atoms with Crippen molar-refractivity contribution in [1.29, 1.82) is 0 Å². The summed E-state index contributed by atoms with van der Waals surface area (Å²) < 4.78 is 5.70. The van der Waals surface area contributed by atoms with Gasteiger partial charge >= 0.3 is 0 Å². The van der Waals surface area contributed by atoms with Crippen LogP contribution in [0.15, 0.2) is 54.7 Å². The molecule has 2 aromatic carbocycles. The number of rotatable bonds is 0. The summed E-state index contributed by atoms with van der Waals surface area (Å²) in [5.74, 6) is 0.978. The average Bonchev–Trinajstić information content (AvgIpc) is 3.24. The lowest BCUT2D eigenvalue weighted by Crippen LogP contribution is -1.87. The molecule has 114 valence electrons. The molecule has 4 aromatic heterocycles. The minimum atomic E-state index is 0.978. The molecule has 0 saturated carbocycles. The first-order chi connectivity index (χ1) is 11.8. The van der Waals surface area contributed by atoms with Crippen LogP contribution >= 0.6 is 11.3 Å². The maximum absolute atomic E-state index is 4.81. The third kappa shape index (κ3) is 1.39. The van der Waals surface area contributed by atoms with Gasteiger partial charge in [-0.15, -0.1) is 11.3 Å². The van der Waals surface area contributed by atoms with E-state index in [1.807, 2.05) is 18.3 Å². The monoisotopic (exact) mass is 328 g/mol. The highest BCUT2D eigenvalue weighted by molar-refractivity contribution is 7.25. The van der Waals surface area contributed by atoms with Crippen LogP contribution in [0, 0.1) is 0 Å². The molecule has 0 aliphatic rings. The molecule has 4 heterocycles. The van der Waals surface area contributed by atoms with E-state index < -0.39 is 0 Å². The fourth-order valence-electron chi connectivity index (χ4n) is 3.67. The fourth-order valence-corrected chi connectivity index (χ4v) is 4.72. The number of nitrogens with zero attached hydrogens (tertiary/aromatic N) is 4. The van der Waals surface area contributed by atoms with Crippen molar-refractivity contribution in [3.05, 3.63) is 54.7 Å². The van der Waals surface area contributed by atoms with Crippen LogP contribution in [-0.4, -0.2) is 18.9 Å². The van der Waals surface area contributed by atoms with E-state index >= 15 is 0 Å². The number of hydrogen-bond donors (Lipinski definition) is 0. The smallest absolute Gasteiger partial charge is 0.215 e. The summed E-state index contributed by atoms with van der Waals surface area (Å²) >= 11 is 1.75. The molecule has 0 radical (unpaired) electrons. The summed E-state index contributed by atoms with van der Waals surface area (Å²) in [5.41, 5.74) is 4.57. The Morgan fingerprint density at radius 1 is 0.917 bits per heavy atom. The van der Waals surface area contributed by atoms with Gasteiger partial charge in [0.05, 0.1) is 22.1 Å². The zero-order valence-electron chi connectivity index (χ0n) is 12.9. The Balaban J connectivity index is 1.91. The summed E-state index contributed by atoms with van der Waals surface area (Å²) in [6, 6.07) is 17.0. The van der Waals surface area contributed by atoms with Crippen molar-refractivity contribution in [2.24, 2.45) is 7.05 Å². The predicted molar refractivity (Wildman–Crippen MR) is 99.9 cm³/mol. The molecule has 0 saturated heterocycles. The Morgan fingerprint density at radius 3 is 2.79 bits per heavy atom. The Kier molecular flexibility index (Phi) is 2.15. The third-order valence-corrected chi connectivity index (χ3v) is 5.87. The second kappa shape index (κ2) is 4.13. The van der Waals surface area contributed by atoms with Crippen LogP contribution in [0.1, 0.15) is 0 Å². The van der Waals surface area contributed by atoms with Crippen molar-refractivity contribution in [3.63, 3.8) is 0 Å². The molecule has 0 aliphatic carbocycles. The number of benzene rings is 2. The molecular weight excluding hydrogens is 316 g/mol. The lowest BCUT2D eigenvalue weighted by Gasteiger charge is -1.97. The van der Waals surface area contributed by atoms with Gasteiger partial charge in [-0.2, -0.15) is 0 Å². The molecule has 0 fully saturated rings. The standard InChI is InChI=1S/C19H12N4S/c1-22-15-10-17-12(11-5-4-8-20-18(11)24-17)9-16(15)23-14-7-3-2-6-13(14)21-19(22)23/h2-10H,1H3. The molecule has 0 spiro atoms. The van der Waals surface area contributed by atoms with E-state index in [2.05, 4.69) is 57.4 Å². The minimum Gasteiger partial charge on any atom is -0.313 e. The van der Waals surface area contributed by atoms with Crippen LogP contribution < -0.4 is 0 Å². The molecule has 0 aliphatic heterocycles. The Hall–Kier alpha value is -2.92. The number of aryl methyl sites for hydroxylation is 1. The molecule has 0 atom stereocenters. The van der Waals surface area contributed by atoms with Gasteiger partial charge in [-0.05, 0) is 36.4 Å². The Labute approximate surface area is 140 Å². The number of thiophene rings is 1. The van der Waals surface area contributed by atoms with Crippen LogP contribution in [0.4, 0.5) is 0 Å². The summed E-state index contributed by atoms with van der Waals surface area (Å²) in [6.45, 7) is 0. The zero-order valence-corrected chi connectivity index (χ0v) is 13.7. The minimum absolute atomic E-state index is 0.978. The van der Waals surface area contributed by atoms with E-state index in [0.29, 0.717) is 0 Å². The van der Waals surface area contributed by atoms with E-state index in [4.69, 9.17) is 4.98 Å². The summed E-state index contributed by atoms with van der Waals surface area (Å²) in [7, 11) is 2.08. The zero-order chi connectivity index (χ0) is 15.8. The van der Waals surface area contributed by atoms with Gasteiger partial charge < -0.3 is 4.57 Å². The summed E-state index contributed by atoms with van der Waals surface area (Å²) in [6.07, 6.45) is 1.86. The number of imidazole rings is 2. The topological polar surface area (TPSA) is 35.1 Å². The number of hydrogen-bond acceptors (Lipinski definition) is 3. The van der Waals surface area contributed by atoms with Gasteiger partial charge in [0.1, 0.15) is 4.83 Å². The van der Waals surface area contributed by atoms with Gasteiger partial charge in [0.25, 0.3) is 0 Å². The van der Waals surface area contributed by atoms with Crippen molar-refractivity contribution in [1.82, 2.24) is 18.9 Å². The van der Waals surface area contributed by atoms with Crippen molar-refractivity contribution >= 4 is 59.5 Å². The maximum atomic E-state index is 4.81. The molecule has 6 aromatic rings. The van der Waals surface area contributed by atoms with Gasteiger partial charge in [0.15, 0.2) is 0 Å². The lowest BCUT2D eigenvalue weighted by atomic mass is 10.2. The van der Waals surface area contributed by atoms with E-state index in [1.54, 1.807) is 11.3 Å². The van der Waals surface area contributed by atoms with Crippen LogP contribution in [0.25, 0.3) is 48.1 Å².